The predicted molar refractivity (Wildman–Crippen MR) is 89.5 cm³/mol. The van der Waals surface area contributed by atoms with E-state index in [0.717, 1.165) is 4.88 Å². The molecule has 1 aromatic carbocycles. The van der Waals surface area contributed by atoms with Crippen LogP contribution in [0.25, 0.3) is 6.08 Å². The van der Waals surface area contributed by atoms with Crippen molar-refractivity contribution in [1.29, 1.82) is 0 Å². The van der Waals surface area contributed by atoms with Gasteiger partial charge in [0, 0.05) is 16.5 Å². The molecule has 1 aromatic heterocycles. The smallest absolute Gasteiger partial charge is 0.268 e. The minimum atomic E-state index is -0.303. The molecule has 0 saturated heterocycles. The number of amides is 2. The van der Waals surface area contributed by atoms with Crippen molar-refractivity contribution in [3.05, 3.63) is 64.0 Å². The Labute approximate surface area is 133 Å². The Morgan fingerprint density at radius 3 is 2.41 bits per heavy atom. The van der Waals surface area contributed by atoms with Gasteiger partial charge in [-0.25, -0.2) is 0 Å². The zero-order valence-electron chi connectivity index (χ0n) is 12.5. The van der Waals surface area contributed by atoms with Crippen molar-refractivity contribution in [2.75, 3.05) is 0 Å². The van der Waals surface area contributed by atoms with Crippen LogP contribution in [0.3, 0.4) is 0 Å². The standard InChI is InChI=1S/C17H18N2O2S/c1-12(2)18-17(21)15(11-14-9-6-10-22-14)19-16(20)13-7-4-3-5-8-13/h3-12H,1-2H3,(H,18,21)(H,19,20)/b15-11+. The molecule has 2 N–H and O–H groups in total. The minimum Gasteiger partial charge on any atom is -0.349 e. The molecule has 1 heterocycles. The molecule has 114 valence electrons. The van der Waals surface area contributed by atoms with Gasteiger partial charge < -0.3 is 10.6 Å². The van der Waals surface area contributed by atoms with E-state index in [0.29, 0.717) is 5.56 Å². The highest BCUT2D eigenvalue weighted by molar-refractivity contribution is 7.10. The maximum Gasteiger partial charge on any atom is 0.268 e. The summed E-state index contributed by atoms with van der Waals surface area (Å²) < 4.78 is 0. The Bertz CT molecular complexity index is 661. The fraction of sp³-hybridized carbons (Fsp3) is 0.176. The van der Waals surface area contributed by atoms with Gasteiger partial charge in [-0.15, -0.1) is 11.3 Å². The van der Waals surface area contributed by atoms with Gasteiger partial charge in [0.05, 0.1) is 0 Å². The van der Waals surface area contributed by atoms with Crippen LogP contribution in [-0.4, -0.2) is 17.9 Å². The van der Waals surface area contributed by atoms with Crippen LogP contribution in [-0.2, 0) is 4.79 Å². The zero-order valence-corrected chi connectivity index (χ0v) is 13.3. The van der Waals surface area contributed by atoms with Crippen LogP contribution in [0.15, 0.2) is 53.5 Å². The highest BCUT2D eigenvalue weighted by atomic mass is 32.1. The summed E-state index contributed by atoms with van der Waals surface area (Å²) in [4.78, 5) is 25.4. The van der Waals surface area contributed by atoms with Crippen molar-refractivity contribution >= 4 is 29.2 Å². The molecule has 22 heavy (non-hydrogen) atoms. The molecule has 0 unspecified atom stereocenters. The molecular formula is C17H18N2O2S. The lowest BCUT2D eigenvalue weighted by Crippen LogP contribution is -2.38. The average Bonchev–Trinajstić information content (AvgIpc) is 2.99. The summed E-state index contributed by atoms with van der Waals surface area (Å²) in [5.41, 5.74) is 0.752. The second-order valence-corrected chi connectivity index (χ2v) is 6.00. The number of nitrogens with one attached hydrogen (secondary N) is 2. The Morgan fingerprint density at radius 1 is 1.09 bits per heavy atom. The summed E-state index contributed by atoms with van der Waals surface area (Å²) in [5, 5.41) is 7.41. The van der Waals surface area contributed by atoms with Gasteiger partial charge in [0.15, 0.2) is 0 Å². The van der Waals surface area contributed by atoms with Gasteiger partial charge in [-0.2, -0.15) is 0 Å². The summed E-state index contributed by atoms with van der Waals surface area (Å²) in [6.45, 7) is 3.75. The molecule has 0 fully saturated rings. The predicted octanol–water partition coefficient (Wildman–Crippen LogP) is 3.04. The van der Waals surface area contributed by atoms with Crippen LogP contribution in [0.2, 0.25) is 0 Å². The Hall–Kier alpha value is -2.40. The molecule has 0 aliphatic heterocycles. The van der Waals surface area contributed by atoms with Gasteiger partial charge in [-0.1, -0.05) is 24.3 Å². The molecule has 5 heteroatoms. The number of thiophene rings is 1. The molecule has 2 aromatic rings. The molecule has 2 amide bonds. The van der Waals surface area contributed by atoms with Crippen molar-refractivity contribution in [1.82, 2.24) is 10.6 Å². The van der Waals surface area contributed by atoms with Crippen LogP contribution in [0.4, 0.5) is 0 Å². The van der Waals surface area contributed by atoms with Gasteiger partial charge in [0.1, 0.15) is 5.70 Å². The lowest BCUT2D eigenvalue weighted by atomic mass is 10.2. The molecule has 0 bridgehead atoms. The summed E-state index contributed by atoms with van der Waals surface area (Å²) in [5.74, 6) is -0.602. The Kier molecular flexibility index (Phi) is 5.49. The van der Waals surface area contributed by atoms with Gasteiger partial charge >= 0.3 is 0 Å². The van der Waals surface area contributed by atoms with Gasteiger partial charge in [0.25, 0.3) is 11.8 Å². The van der Waals surface area contributed by atoms with Gasteiger partial charge in [0.2, 0.25) is 0 Å². The lowest BCUT2D eigenvalue weighted by molar-refractivity contribution is -0.118. The number of rotatable bonds is 5. The first-order valence-corrected chi connectivity index (χ1v) is 7.86. The van der Waals surface area contributed by atoms with E-state index in [2.05, 4.69) is 10.6 Å². The average molecular weight is 314 g/mol. The van der Waals surface area contributed by atoms with E-state index in [1.807, 2.05) is 37.4 Å². The highest BCUT2D eigenvalue weighted by Crippen LogP contribution is 2.13. The van der Waals surface area contributed by atoms with Gasteiger partial charge in [-0.3, -0.25) is 9.59 Å². The second kappa shape index (κ2) is 7.56. The summed E-state index contributed by atoms with van der Waals surface area (Å²) in [7, 11) is 0. The topological polar surface area (TPSA) is 58.2 Å². The zero-order chi connectivity index (χ0) is 15.9. The number of hydrogen-bond acceptors (Lipinski definition) is 3. The van der Waals surface area contributed by atoms with Crippen LogP contribution in [0, 0.1) is 0 Å². The van der Waals surface area contributed by atoms with E-state index in [4.69, 9.17) is 0 Å². The van der Waals surface area contributed by atoms with E-state index >= 15 is 0 Å². The molecule has 0 spiro atoms. The van der Waals surface area contributed by atoms with E-state index < -0.39 is 0 Å². The molecule has 0 aliphatic rings. The first-order chi connectivity index (χ1) is 10.6. The maximum absolute atomic E-state index is 12.3. The van der Waals surface area contributed by atoms with E-state index in [1.165, 1.54) is 11.3 Å². The number of benzene rings is 1. The van der Waals surface area contributed by atoms with Crippen LogP contribution in [0.5, 0.6) is 0 Å². The van der Waals surface area contributed by atoms with Crippen molar-refractivity contribution in [3.63, 3.8) is 0 Å². The number of hydrogen-bond donors (Lipinski definition) is 2. The van der Waals surface area contributed by atoms with Gasteiger partial charge in [-0.05, 0) is 43.5 Å². The van der Waals surface area contributed by atoms with E-state index in [-0.39, 0.29) is 23.6 Å². The SMILES string of the molecule is CC(C)NC(=O)/C(=C\c1cccs1)NC(=O)c1ccccc1. The first kappa shape index (κ1) is 16.0. The quantitative estimate of drug-likeness (QED) is 0.833. The minimum absolute atomic E-state index is 0.00661. The Balaban J connectivity index is 2.21. The number of carbonyl (C=O) groups is 2. The van der Waals surface area contributed by atoms with E-state index in [1.54, 1.807) is 30.3 Å². The maximum atomic E-state index is 12.3. The molecule has 0 saturated carbocycles. The normalized spacial score (nSPS) is 11.3. The molecule has 0 radical (unpaired) electrons. The monoisotopic (exact) mass is 314 g/mol. The van der Waals surface area contributed by atoms with Crippen molar-refractivity contribution in [2.45, 2.75) is 19.9 Å². The number of carbonyl (C=O) groups excluding carboxylic acids is 2. The third kappa shape index (κ3) is 4.56. The van der Waals surface area contributed by atoms with Crippen molar-refractivity contribution in [3.8, 4) is 0 Å². The van der Waals surface area contributed by atoms with Crippen molar-refractivity contribution in [2.24, 2.45) is 0 Å². The fourth-order valence-corrected chi connectivity index (χ4v) is 2.46. The third-order valence-electron chi connectivity index (χ3n) is 2.78. The largest absolute Gasteiger partial charge is 0.349 e. The second-order valence-electron chi connectivity index (χ2n) is 5.02. The van der Waals surface area contributed by atoms with Crippen LogP contribution < -0.4 is 10.6 Å². The molecule has 4 nitrogen and oxygen atoms in total. The molecule has 0 aliphatic carbocycles. The summed E-state index contributed by atoms with van der Waals surface area (Å²) in [6, 6.07) is 12.6. The molecule has 2 rings (SSSR count). The molecular weight excluding hydrogens is 296 g/mol. The third-order valence-corrected chi connectivity index (χ3v) is 3.60. The molecule has 0 atom stereocenters. The first-order valence-electron chi connectivity index (χ1n) is 6.98. The van der Waals surface area contributed by atoms with Crippen LogP contribution in [0.1, 0.15) is 29.1 Å². The van der Waals surface area contributed by atoms with Crippen molar-refractivity contribution < 1.29 is 9.59 Å². The Morgan fingerprint density at radius 2 is 1.82 bits per heavy atom. The van der Waals surface area contributed by atoms with Crippen LogP contribution >= 0.6 is 11.3 Å². The highest BCUT2D eigenvalue weighted by Gasteiger charge is 2.15. The summed E-state index contributed by atoms with van der Waals surface area (Å²) >= 11 is 1.50. The fourth-order valence-electron chi connectivity index (χ4n) is 1.80. The lowest BCUT2D eigenvalue weighted by Gasteiger charge is -2.12. The van der Waals surface area contributed by atoms with E-state index in [9.17, 15) is 9.59 Å². The summed E-state index contributed by atoms with van der Waals surface area (Å²) in [6.07, 6.45) is 1.68.